The maximum atomic E-state index is 13.0. The van der Waals surface area contributed by atoms with Gasteiger partial charge >= 0.3 is 12.2 Å². The van der Waals surface area contributed by atoms with Crippen LogP contribution in [0.25, 0.3) is 0 Å². The molecule has 0 radical (unpaired) electrons. The van der Waals surface area contributed by atoms with Crippen LogP contribution in [0.5, 0.6) is 0 Å². The minimum Gasteiger partial charge on any atom is -0.444 e. The minimum absolute atomic E-state index is 0.0366. The number of hydrogen-bond donors (Lipinski definition) is 1. The SMILES string of the molecule is C[C@@H](C[C@H](OC(=O)OC(C)(C)C(Cl)(Cl)Cl)[C@H](CC1CCCCC1)NC(=O)OC(C)(C)C)c1ccccc1. The number of hydrogen-bond acceptors (Lipinski definition) is 5. The molecule has 1 aromatic carbocycles. The molecule has 9 heteroatoms. The first-order valence-electron chi connectivity index (χ1n) is 13.1. The van der Waals surface area contributed by atoms with Gasteiger partial charge in [-0.15, -0.1) is 0 Å². The molecule has 6 nitrogen and oxygen atoms in total. The van der Waals surface area contributed by atoms with Gasteiger partial charge in [0.25, 0.3) is 0 Å². The molecule has 3 atom stereocenters. The Morgan fingerprint density at radius 1 is 0.973 bits per heavy atom. The first-order chi connectivity index (χ1) is 17.1. The molecule has 1 N–H and O–H groups in total. The van der Waals surface area contributed by atoms with Crippen molar-refractivity contribution in [3.05, 3.63) is 35.9 Å². The molecule has 1 aliphatic carbocycles. The van der Waals surface area contributed by atoms with Gasteiger partial charge in [-0.3, -0.25) is 0 Å². The van der Waals surface area contributed by atoms with Crippen molar-refractivity contribution in [3.8, 4) is 0 Å². The molecule has 0 bridgehead atoms. The second-order valence-electron chi connectivity index (χ2n) is 11.6. The standard InChI is InChI=1S/C28H42Cl3NO5/c1-19(21-15-11-8-12-16-21)17-23(35-25(34)37-27(5,6)28(29,30)31)22(18-20-13-9-7-10-14-20)32-24(33)36-26(2,3)4/h8,11-12,15-16,19-20,22-23H,7,9-10,13-14,17-18H2,1-6H3,(H,32,33)/t19-,22-,23-/m0/s1. The smallest absolute Gasteiger partial charge is 0.444 e. The lowest BCUT2D eigenvalue weighted by Crippen LogP contribution is -2.49. The summed E-state index contributed by atoms with van der Waals surface area (Å²) in [5.74, 6) is 0.440. The fourth-order valence-corrected chi connectivity index (χ4v) is 4.63. The molecule has 37 heavy (non-hydrogen) atoms. The fraction of sp³-hybridized carbons (Fsp3) is 0.714. The third kappa shape index (κ3) is 11.1. The van der Waals surface area contributed by atoms with E-state index in [9.17, 15) is 9.59 Å². The number of rotatable bonds is 9. The van der Waals surface area contributed by atoms with Gasteiger partial charge in [-0.05, 0) is 64.9 Å². The first kappa shape index (κ1) is 31.8. The average Bonchev–Trinajstić information content (AvgIpc) is 2.77. The fourth-order valence-electron chi connectivity index (χ4n) is 4.52. The summed E-state index contributed by atoms with van der Waals surface area (Å²) < 4.78 is 15.0. The third-order valence-corrected chi connectivity index (χ3v) is 8.05. The van der Waals surface area contributed by atoms with E-state index in [-0.39, 0.29) is 5.92 Å². The molecule has 1 amide bonds. The quantitative estimate of drug-likeness (QED) is 0.234. The van der Waals surface area contributed by atoms with Crippen molar-refractivity contribution in [1.29, 1.82) is 0 Å². The molecule has 210 valence electrons. The van der Waals surface area contributed by atoms with E-state index < -0.39 is 39.4 Å². The zero-order valence-corrected chi connectivity index (χ0v) is 25.1. The van der Waals surface area contributed by atoms with Crippen molar-refractivity contribution in [2.45, 2.75) is 120 Å². The van der Waals surface area contributed by atoms with Crippen molar-refractivity contribution >= 4 is 47.1 Å². The Morgan fingerprint density at radius 3 is 2.11 bits per heavy atom. The second kappa shape index (κ2) is 13.6. The van der Waals surface area contributed by atoms with Gasteiger partial charge in [-0.2, -0.15) is 0 Å². The lowest BCUT2D eigenvalue weighted by molar-refractivity contribution is -0.0457. The van der Waals surface area contributed by atoms with Crippen LogP contribution in [0.2, 0.25) is 0 Å². The highest BCUT2D eigenvalue weighted by Gasteiger charge is 2.45. The number of alkyl carbamates (subject to hydrolysis) is 1. The van der Waals surface area contributed by atoms with Gasteiger partial charge in [0.2, 0.25) is 3.79 Å². The van der Waals surface area contributed by atoms with Crippen LogP contribution in [0.1, 0.15) is 98.0 Å². The number of amides is 1. The molecule has 0 aliphatic heterocycles. The molecule has 1 aromatic rings. The Balaban J connectivity index is 2.32. The topological polar surface area (TPSA) is 73.9 Å². The van der Waals surface area contributed by atoms with Crippen LogP contribution in [0.3, 0.4) is 0 Å². The predicted octanol–water partition coefficient (Wildman–Crippen LogP) is 8.71. The monoisotopic (exact) mass is 577 g/mol. The van der Waals surface area contributed by atoms with E-state index in [1.807, 2.05) is 51.1 Å². The molecule has 1 saturated carbocycles. The Morgan fingerprint density at radius 2 is 1.57 bits per heavy atom. The van der Waals surface area contributed by atoms with Gasteiger partial charge in [-0.1, -0.05) is 104 Å². The van der Waals surface area contributed by atoms with Gasteiger partial charge in [0.05, 0.1) is 6.04 Å². The number of ether oxygens (including phenoxy) is 3. The Labute approximate surface area is 237 Å². The predicted molar refractivity (Wildman–Crippen MR) is 150 cm³/mol. The second-order valence-corrected chi connectivity index (χ2v) is 13.8. The van der Waals surface area contributed by atoms with E-state index >= 15 is 0 Å². The molecule has 0 aromatic heterocycles. The summed E-state index contributed by atoms with van der Waals surface area (Å²) in [5, 5.41) is 3.00. The summed E-state index contributed by atoms with van der Waals surface area (Å²) in [6.45, 7) is 10.5. The van der Waals surface area contributed by atoms with Crippen molar-refractivity contribution in [1.82, 2.24) is 5.32 Å². The third-order valence-electron chi connectivity index (χ3n) is 6.69. The number of carbonyl (C=O) groups is 2. The Hall–Kier alpha value is -1.37. The molecular weight excluding hydrogens is 537 g/mol. The van der Waals surface area contributed by atoms with Crippen LogP contribution in [-0.2, 0) is 14.2 Å². The Bertz CT molecular complexity index is 861. The summed E-state index contributed by atoms with van der Waals surface area (Å²) >= 11 is 18.0. The highest BCUT2D eigenvalue weighted by atomic mass is 35.6. The summed E-state index contributed by atoms with van der Waals surface area (Å²) in [7, 11) is 0. The summed E-state index contributed by atoms with van der Waals surface area (Å²) in [6.07, 6.45) is 4.56. The van der Waals surface area contributed by atoms with Crippen molar-refractivity contribution in [2.24, 2.45) is 5.92 Å². The average molecular weight is 579 g/mol. The maximum Gasteiger partial charge on any atom is 0.509 e. The highest BCUT2D eigenvalue weighted by Crippen LogP contribution is 2.41. The lowest BCUT2D eigenvalue weighted by Gasteiger charge is -2.35. The molecule has 2 rings (SSSR count). The summed E-state index contributed by atoms with van der Waals surface area (Å²) in [6, 6.07) is 9.48. The largest absolute Gasteiger partial charge is 0.509 e. The lowest BCUT2D eigenvalue weighted by atomic mass is 9.82. The van der Waals surface area contributed by atoms with E-state index in [0.29, 0.717) is 18.8 Å². The first-order valence-corrected chi connectivity index (χ1v) is 14.2. The van der Waals surface area contributed by atoms with Crippen LogP contribution in [0.4, 0.5) is 9.59 Å². The molecule has 0 saturated heterocycles. The van der Waals surface area contributed by atoms with Crippen LogP contribution in [-0.4, -0.2) is 39.4 Å². The number of alkyl halides is 3. The van der Waals surface area contributed by atoms with E-state index in [2.05, 4.69) is 12.2 Å². The van der Waals surface area contributed by atoms with Gasteiger partial charge in [-0.25, -0.2) is 9.59 Å². The van der Waals surface area contributed by atoms with E-state index in [1.54, 1.807) is 0 Å². The number of halogens is 3. The number of carbonyl (C=O) groups excluding carboxylic acids is 2. The van der Waals surface area contributed by atoms with E-state index in [0.717, 1.165) is 31.2 Å². The zero-order valence-electron chi connectivity index (χ0n) is 22.8. The van der Waals surface area contributed by atoms with Crippen LogP contribution >= 0.6 is 34.8 Å². The van der Waals surface area contributed by atoms with E-state index in [4.69, 9.17) is 49.0 Å². The van der Waals surface area contributed by atoms with Crippen LogP contribution in [0.15, 0.2) is 30.3 Å². The highest BCUT2D eigenvalue weighted by molar-refractivity contribution is 6.68. The van der Waals surface area contributed by atoms with Gasteiger partial charge in [0, 0.05) is 0 Å². The zero-order chi connectivity index (χ0) is 27.9. The van der Waals surface area contributed by atoms with Gasteiger partial charge < -0.3 is 19.5 Å². The molecule has 0 heterocycles. The van der Waals surface area contributed by atoms with E-state index in [1.165, 1.54) is 20.3 Å². The number of benzene rings is 1. The van der Waals surface area contributed by atoms with Gasteiger partial charge in [0.1, 0.15) is 11.7 Å². The van der Waals surface area contributed by atoms with Crippen molar-refractivity contribution in [3.63, 3.8) is 0 Å². The van der Waals surface area contributed by atoms with Crippen molar-refractivity contribution in [2.75, 3.05) is 0 Å². The van der Waals surface area contributed by atoms with Gasteiger partial charge in [0.15, 0.2) is 5.60 Å². The Kier molecular flexibility index (Phi) is 11.7. The normalized spacial score (nSPS) is 17.9. The minimum atomic E-state index is -1.85. The van der Waals surface area contributed by atoms with Crippen LogP contribution < -0.4 is 5.32 Å². The van der Waals surface area contributed by atoms with Crippen molar-refractivity contribution < 1.29 is 23.8 Å². The molecule has 1 fully saturated rings. The number of nitrogens with one attached hydrogen (secondary N) is 1. The summed E-state index contributed by atoms with van der Waals surface area (Å²) in [4.78, 5) is 25.8. The molecular formula is C28H42Cl3NO5. The molecule has 1 aliphatic rings. The summed E-state index contributed by atoms with van der Waals surface area (Å²) in [5.41, 5.74) is -0.998. The maximum absolute atomic E-state index is 13.0. The molecule has 0 unspecified atom stereocenters. The van der Waals surface area contributed by atoms with Crippen LogP contribution in [0, 0.1) is 5.92 Å². The molecule has 0 spiro atoms.